The van der Waals surface area contributed by atoms with Crippen molar-refractivity contribution in [3.63, 3.8) is 0 Å². The van der Waals surface area contributed by atoms with Gasteiger partial charge in [-0.25, -0.2) is 14.6 Å². The fourth-order valence-corrected chi connectivity index (χ4v) is 2.48. The van der Waals surface area contributed by atoms with Gasteiger partial charge in [-0.05, 0) is 32.9 Å². The first-order valence-electron chi connectivity index (χ1n) is 6.93. The second-order valence-corrected chi connectivity index (χ2v) is 4.47. The molecule has 0 radical (unpaired) electrons. The number of aryl methyl sites for hydroxylation is 1. The average Bonchev–Trinajstić information content (AvgIpc) is 2.81. The standard InChI is InChI=1S/C11H16N6.C2H6/c1-7-9-10(12)14-6-15-11(9)17(16-7)8-2-4-13-5-3-8;1-2/h6,8,13H,2-5H2,1H3,(H2,12,14,15);1-2H3. The van der Waals surface area contributed by atoms with E-state index in [1.807, 2.05) is 25.5 Å². The van der Waals surface area contributed by atoms with Crippen LogP contribution in [-0.2, 0) is 0 Å². The minimum atomic E-state index is 0.418. The molecule has 2 aromatic rings. The molecule has 19 heavy (non-hydrogen) atoms. The van der Waals surface area contributed by atoms with Gasteiger partial charge in [0.05, 0.1) is 17.1 Å². The van der Waals surface area contributed by atoms with Crippen LogP contribution in [0.25, 0.3) is 11.0 Å². The highest BCUT2D eigenvalue weighted by atomic mass is 15.3. The third-order valence-corrected chi connectivity index (χ3v) is 3.35. The van der Waals surface area contributed by atoms with E-state index in [9.17, 15) is 0 Å². The molecule has 0 spiro atoms. The largest absolute Gasteiger partial charge is 0.383 e. The van der Waals surface area contributed by atoms with E-state index >= 15 is 0 Å². The Hall–Kier alpha value is -1.69. The molecule has 3 rings (SSSR count). The second-order valence-electron chi connectivity index (χ2n) is 4.47. The molecule has 0 amide bonds. The van der Waals surface area contributed by atoms with E-state index in [1.54, 1.807) is 0 Å². The van der Waals surface area contributed by atoms with Crippen LogP contribution in [0.3, 0.4) is 0 Å². The molecule has 1 aliphatic heterocycles. The predicted molar refractivity (Wildman–Crippen MR) is 77.0 cm³/mol. The summed E-state index contributed by atoms with van der Waals surface area (Å²) in [5.41, 5.74) is 7.66. The number of hydrogen-bond acceptors (Lipinski definition) is 5. The van der Waals surface area contributed by atoms with Crippen LogP contribution in [0, 0.1) is 6.92 Å². The molecular weight excluding hydrogens is 240 g/mol. The van der Waals surface area contributed by atoms with Crippen LogP contribution in [0.2, 0.25) is 0 Å². The van der Waals surface area contributed by atoms with Crippen molar-refractivity contribution in [3.05, 3.63) is 12.0 Å². The lowest BCUT2D eigenvalue weighted by molar-refractivity contribution is 0.349. The molecule has 0 aromatic carbocycles. The smallest absolute Gasteiger partial charge is 0.163 e. The molecule has 0 aliphatic carbocycles. The van der Waals surface area contributed by atoms with Crippen LogP contribution < -0.4 is 11.1 Å². The Bertz CT molecular complexity index is 541. The lowest BCUT2D eigenvalue weighted by Gasteiger charge is -2.23. The number of aromatic nitrogens is 4. The van der Waals surface area contributed by atoms with Crippen LogP contribution in [0.5, 0.6) is 0 Å². The highest BCUT2D eigenvalue weighted by Gasteiger charge is 2.20. The van der Waals surface area contributed by atoms with E-state index in [1.165, 1.54) is 6.33 Å². The summed E-state index contributed by atoms with van der Waals surface area (Å²) in [7, 11) is 0. The molecule has 0 bridgehead atoms. The summed E-state index contributed by atoms with van der Waals surface area (Å²) < 4.78 is 2.02. The summed E-state index contributed by atoms with van der Waals surface area (Å²) >= 11 is 0. The number of hydrogen-bond donors (Lipinski definition) is 2. The monoisotopic (exact) mass is 262 g/mol. The van der Waals surface area contributed by atoms with Crippen LogP contribution in [0.15, 0.2) is 6.33 Å². The summed E-state index contributed by atoms with van der Waals surface area (Å²) in [6.07, 6.45) is 3.68. The maximum Gasteiger partial charge on any atom is 0.163 e. The number of nitrogens with two attached hydrogens (primary N) is 1. The second kappa shape index (κ2) is 5.97. The van der Waals surface area contributed by atoms with E-state index < -0.39 is 0 Å². The Morgan fingerprint density at radius 1 is 1.26 bits per heavy atom. The summed E-state index contributed by atoms with van der Waals surface area (Å²) in [6, 6.07) is 0.418. The minimum Gasteiger partial charge on any atom is -0.383 e. The molecule has 3 heterocycles. The Labute approximate surface area is 113 Å². The lowest BCUT2D eigenvalue weighted by Crippen LogP contribution is -2.30. The fourth-order valence-electron chi connectivity index (χ4n) is 2.48. The molecule has 1 aliphatic rings. The number of anilines is 1. The number of rotatable bonds is 1. The Kier molecular flexibility index (Phi) is 4.31. The molecule has 0 atom stereocenters. The van der Waals surface area contributed by atoms with Gasteiger partial charge in [-0.3, -0.25) is 0 Å². The van der Waals surface area contributed by atoms with E-state index in [2.05, 4.69) is 20.4 Å². The van der Waals surface area contributed by atoms with Crippen molar-refractivity contribution in [3.8, 4) is 0 Å². The highest BCUT2D eigenvalue weighted by molar-refractivity contribution is 5.87. The van der Waals surface area contributed by atoms with Crippen LogP contribution >= 0.6 is 0 Å². The molecule has 6 heteroatoms. The number of nitrogens with one attached hydrogen (secondary N) is 1. The van der Waals surface area contributed by atoms with E-state index in [0.717, 1.165) is 42.7 Å². The average molecular weight is 262 g/mol. The van der Waals surface area contributed by atoms with Gasteiger partial charge in [-0.1, -0.05) is 13.8 Å². The molecular formula is C13H22N6. The van der Waals surface area contributed by atoms with Gasteiger partial charge in [-0.2, -0.15) is 5.10 Å². The van der Waals surface area contributed by atoms with Gasteiger partial charge in [0, 0.05) is 0 Å². The SMILES string of the molecule is CC.Cc1nn(C2CCNCC2)c2ncnc(N)c12. The third kappa shape index (κ3) is 2.53. The number of fused-ring (bicyclic) bond motifs is 1. The molecule has 1 fully saturated rings. The molecule has 3 N–H and O–H groups in total. The van der Waals surface area contributed by atoms with Gasteiger partial charge in [0.25, 0.3) is 0 Å². The number of piperidine rings is 1. The molecule has 0 unspecified atom stereocenters. The molecule has 6 nitrogen and oxygen atoms in total. The van der Waals surface area contributed by atoms with Crippen LogP contribution in [0.4, 0.5) is 5.82 Å². The third-order valence-electron chi connectivity index (χ3n) is 3.35. The quantitative estimate of drug-likeness (QED) is 0.817. The zero-order valence-corrected chi connectivity index (χ0v) is 11.8. The van der Waals surface area contributed by atoms with Crippen molar-refractivity contribution in [2.45, 2.75) is 39.7 Å². The van der Waals surface area contributed by atoms with Crippen LogP contribution in [0.1, 0.15) is 38.4 Å². The van der Waals surface area contributed by atoms with Gasteiger partial charge >= 0.3 is 0 Å². The van der Waals surface area contributed by atoms with Crippen molar-refractivity contribution in [1.82, 2.24) is 25.1 Å². The van der Waals surface area contributed by atoms with Crippen molar-refractivity contribution < 1.29 is 0 Å². The number of nitrogen functional groups attached to an aromatic ring is 1. The maximum absolute atomic E-state index is 5.88. The van der Waals surface area contributed by atoms with Gasteiger partial charge < -0.3 is 11.1 Å². The van der Waals surface area contributed by atoms with Gasteiger partial charge in [0.1, 0.15) is 12.1 Å². The van der Waals surface area contributed by atoms with Crippen LogP contribution in [-0.4, -0.2) is 32.8 Å². The van der Waals surface area contributed by atoms with Crippen molar-refractivity contribution in [2.24, 2.45) is 0 Å². The first-order chi connectivity index (χ1) is 9.27. The zero-order valence-electron chi connectivity index (χ0n) is 11.8. The molecule has 104 valence electrons. The Morgan fingerprint density at radius 2 is 1.95 bits per heavy atom. The first-order valence-corrected chi connectivity index (χ1v) is 6.93. The first kappa shape index (κ1) is 13.7. The van der Waals surface area contributed by atoms with Gasteiger partial charge in [0.2, 0.25) is 0 Å². The van der Waals surface area contributed by atoms with E-state index in [4.69, 9.17) is 5.73 Å². The van der Waals surface area contributed by atoms with Gasteiger partial charge in [0.15, 0.2) is 5.65 Å². The molecule has 0 saturated carbocycles. The maximum atomic E-state index is 5.88. The lowest BCUT2D eigenvalue weighted by atomic mass is 10.1. The van der Waals surface area contributed by atoms with Crippen molar-refractivity contribution in [1.29, 1.82) is 0 Å². The van der Waals surface area contributed by atoms with Crippen molar-refractivity contribution >= 4 is 16.9 Å². The summed E-state index contributed by atoms with van der Waals surface area (Å²) in [6.45, 7) is 8.02. The zero-order chi connectivity index (χ0) is 13.8. The van der Waals surface area contributed by atoms with Gasteiger partial charge in [-0.15, -0.1) is 0 Å². The summed E-state index contributed by atoms with van der Waals surface area (Å²) in [4.78, 5) is 8.35. The Morgan fingerprint density at radius 3 is 2.63 bits per heavy atom. The fraction of sp³-hybridized carbons (Fsp3) is 0.615. The predicted octanol–water partition coefficient (Wildman–Crippen LogP) is 1.67. The van der Waals surface area contributed by atoms with E-state index in [-0.39, 0.29) is 0 Å². The van der Waals surface area contributed by atoms with Crippen molar-refractivity contribution in [2.75, 3.05) is 18.8 Å². The molecule has 2 aromatic heterocycles. The normalized spacial score (nSPS) is 16.2. The Balaban J connectivity index is 0.000000637. The summed E-state index contributed by atoms with van der Waals surface area (Å²) in [5.74, 6) is 0.521. The molecule has 1 saturated heterocycles. The summed E-state index contributed by atoms with van der Waals surface area (Å²) in [5, 5.41) is 8.83. The number of nitrogens with zero attached hydrogens (tertiary/aromatic N) is 4. The van der Waals surface area contributed by atoms with E-state index in [0.29, 0.717) is 11.9 Å². The topological polar surface area (TPSA) is 81.7 Å². The highest BCUT2D eigenvalue weighted by Crippen LogP contribution is 2.26. The minimum absolute atomic E-state index is 0.418.